The van der Waals surface area contributed by atoms with Gasteiger partial charge >= 0.3 is 0 Å². The number of hydrogen-bond donors (Lipinski definition) is 1. The maximum absolute atomic E-state index is 4.64. The fourth-order valence-electron chi connectivity index (χ4n) is 3.05. The average Bonchev–Trinajstić information content (AvgIpc) is 2.65. The van der Waals surface area contributed by atoms with Crippen molar-refractivity contribution in [2.45, 2.75) is 53.6 Å². The Morgan fingerprint density at radius 3 is 2.60 bits per heavy atom. The lowest BCUT2D eigenvalue weighted by atomic mass is 9.88. The van der Waals surface area contributed by atoms with Crippen LogP contribution in [0.2, 0.25) is 0 Å². The minimum Gasteiger partial charge on any atom is -0.356 e. The third-order valence-corrected chi connectivity index (χ3v) is 4.63. The van der Waals surface area contributed by atoms with Crippen molar-refractivity contribution in [3.63, 3.8) is 0 Å². The van der Waals surface area contributed by atoms with Crippen LogP contribution < -0.4 is 10.2 Å². The van der Waals surface area contributed by atoms with Crippen LogP contribution in [0.1, 0.15) is 45.4 Å². The zero-order chi connectivity index (χ0) is 14.9. The number of hydrogen-bond acceptors (Lipinski definition) is 3. The van der Waals surface area contributed by atoms with Crippen LogP contribution in [0.5, 0.6) is 0 Å². The summed E-state index contributed by atoms with van der Waals surface area (Å²) in [6.45, 7) is 14.5. The molecule has 1 fully saturated rings. The number of anilines is 1. The Kier molecular flexibility index (Phi) is 4.74. The molecule has 1 saturated heterocycles. The number of aromatic nitrogens is 2. The van der Waals surface area contributed by atoms with Crippen molar-refractivity contribution in [2.75, 3.05) is 18.0 Å². The normalized spacial score (nSPS) is 23.6. The highest BCUT2D eigenvalue weighted by Gasteiger charge is 2.27. The number of rotatable bonds is 4. The molecule has 0 amide bonds. The first-order valence-electron chi connectivity index (χ1n) is 7.91. The second-order valence-electron chi connectivity index (χ2n) is 6.74. The molecule has 0 aromatic carbocycles. The molecule has 0 radical (unpaired) electrons. The topological polar surface area (TPSA) is 33.1 Å². The molecule has 1 N–H and O–H groups in total. The van der Waals surface area contributed by atoms with Crippen LogP contribution in [0.3, 0.4) is 0 Å². The second-order valence-corrected chi connectivity index (χ2v) is 6.74. The summed E-state index contributed by atoms with van der Waals surface area (Å²) in [5.74, 6) is 2.90. The molecule has 0 spiro atoms. The first-order valence-corrected chi connectivity index (χ1v) is 7.91. The molecule has 1 aliphatic rings. The Morgan fingerprint density at radius 1 is 1.30 bits per heavy atom. The Morgan fingerprint density at radius 2 is 2.00 bits per heavy atom. The van der Waals surface area contributed by atoms with Crippen molar-refractivity contribution in [3.8, 4) is 0 Å². The van der Waals surface area contributed by atoms with Crippen LogP contribution in [-0.4, -0.2) is 28.9 Å². The monoisotopic (exact) mass is 278 g/mol. The minimum atomic E-state index is 0.503. The van der Waals surface area contributed by atoms with E-state index in [-0.39, 0.29) is 0 Å². The summed E-state index contributed by atoms with van der Waals surface area (Å²) in [7, 11) is 2.07. The highest BCUT2D eigenvalue weighted by Crippen LogP contribution is 2.30. The van der Waals surface area contributed by atoms with Crippen LogP contribution in [0.15, 0.2) is 0 Å². The highest BCUT2D eigenvalue weighted by atomic mass is 15.4. The molecule has 0 bridgehead atoms. The van der Waals surface area contributed by atoms with E-state index in [2.05, 4.69) is 61.7 Å². The SMILES string of the molecule is Cc1nn(C)c(N2CCC(C)C(C)C2)c1CNC(C)C. The maximum atomic E-state index is 4.64. The molecule has 4 nitrogen and oxygen atoms in total. The van der Waals surface area contributed by atoms with Gasteiger partial charge in [0.1, 0.15) is 5.82 Å². The van der Waals surface area contributed by atoms with Crippen molar-refractivity contribution in [1.29, 1.82) is 0 Å². The standard InChI is InChI=1S/C16H30N4/c1-11(2)17-9-15-14(5)18-19(6)16(15)20-8-7-12(3)13(4)10-20/h11-13,17H,7-10H2,1-6H3. The summed E-state index contributed by atoms with van der Waals surface area (Å²) in [4.78, 5) is 2.53. The molecule has 0 saturated carbocycles. The van der Waals surface area contributed by atoms with E-state index >= 15 is 0 Å². The number of aryl methyl sites for hydroxylation is 2. The molecule has 2 rings (SSSR count). The molecular formula is C16H30N4. The molecule has 2 unspecified atom stereocenters. The molecule has 1 aliphatic heterocycles. The third kappa shape index (κ3) is 3.17. The Bertz CT molecular complexity index is 450. The van der Waals surface area contributed by atoms with Gasteiger partial charge in [0.2, 0.25) is 0 Å². The van der Waals surface area contributed by atoms with Crippen LogP contribution in [0, 0.1) is 18.8 Å². The second kappa shape index (κ2) is 6.17. The maximum Gasteiger partial charge on any atom is 0.131 e. The quantitative estimate of drug-likeness (QED) is 0.919. The Hall–Kier alpha value is -1.03. The molecule has 2 heterocycles. The molecule has 1 aromatic rings. The number of nitrogens with one attached hydrogen (secondary N) is 1. The molecule has 114 valence electrons. The van der Waals surface area contributed by atoms with Crippen LogP contribution in [-0.2, 0) is 13.6 Å². The van der Waals surface area contributed by atoms with E-state index < -0.39 is 0 Å². The summed E-state index contributed by atoms with van der Waals surface area (Å²) in [6, 6.07) is 0.503. The molecule has 0 aliphatic carbocycles. The van der Waals surface area contributed by atoms with Crippen LogP contribution in [0.25, 0.3) is 0 Å². The van der Waals surface area contributed by atoms with E-state index in [1.165, 1.54) is 17.8 Å². The summed E-state index contributed by atoms with van der Waals surface area (Å²) in [5, 5.41) is 8.18. The molecular weight excluding hydrogens is 248 g/mol. The largest absolute Gasteiger partial charge is 0.356 e. The molecule has 1 aromatic heterocycles. The van der Waals surface area contributed by atoms with Gasteiger partial charge in [0, 0.05) is 38.3 Å². The van der Waals surface area contributed by atoms with Crippen molar-refractivity contribution in [3.05, 3.63) is 11.3 Å². The third-order valence-electron chi connectivity index (χ3n) is 4.63. The van der Waals surface area contributed by atoms with Gasteiger partial charge in [-0.3, -0.25) is 4.68 Å². The van der Waals surface area contributed by atoms with Crippen molar-refractivity contribution >= 4 is 5.82 Å². The van der Waals surface area contributed by atoms with E-state index in [9.17, 15) is 0 Å². The predicted molar refractivity (Wildman–Crippen MR) is 85.1 cm³/mol. The Balaban J connectivity index is 2.22. The lowest BCUT2D eigenvalue weighted by Gasteiger charge is -2.37. The number of piperidine rings is 1. The lowest BCUT2D eigenvalue weighted by Crippen LogP contribution is -2.40. The van der Waals surface area contributed by atoms with E-state index in [1.54, 1.807) is 0 Å². The predicted octanol–water partition coefficient (Wildman–Crippen LogP) is 2.71. The fraction of sp³-hybridized carbons (Fsp3) is 0.812. The van der Waals surface area contributed by atoms with Crippen LogP contribution >= 0.6 is 0 Å². The van der Waals surface area contributed by atoms with E-state index in [0.717, 1.165) is 37.2 Å². The Labute approximate surface area is 123 Å². The molecule has 4 heteroatoms. The van der Waals surface area contributed by atoms with Gasteiger partial charge < -0.3 is 10.2 Å². The molecule has 2 atom stereocenters. The highest BCUT2D eigenvalue weighted by molar-refractivity contribution is 5.50. The first kappa shape index (κ1) is 15.4. The van der Waals surface area contributed by atoms with Gasteiger partial charge in [-0.25, -0.2) is 0 Å². The van der Waals surface area contributed by atoms with Gasteiger partial charge in [-0.05, 0) is 25.2 Å². The van der Waals surface area contributed by atoms with Crippen LogP contribution in [0.4, 0.5) is 5.82 Å². The van der Waals surface area contributed by atoms with E-state index in [1.807, 2.05) is 0 Å². The zero-order valence-corrected chi connectivity index (χ0v) is 13.9. The summed E-state index contributed by atoms with van der Waals surface area (Å²) >= 11 is 0. The summed E-state index contributed by atoms with van der Waals surface area (Å²) in [6.07, 6.45) is 1.28. The van der Waals surface area contributed by atoms with E-state index in [0.29, 0.717) is 6.04 Å². The average molecular weight is 278 g/mol. The lowest BCUT2D eigenvalue weighted by molar-refractivity contribution is 0.321. The summed E-state index contributed by atoms with van der Waals surface area (Å²) < 4.78 is 2.06. The fourth-order valence-corrected chi connectivity index (χ4v) is 3.05. The molecule has 20 heavy (non-hydrogen) atoms. The van der Waals surface area contributed by atoms with Gasteiger partial charge in [0.05, 0.1) is 5.69 Å². The smallest absolute Gasteiger partial charge is 0.131 e. The van der Waals surface area contributed by atoms with E-state index in [4.69, 9.17) is 0 Å². The van der Waals surface area contributed by atoms with Gasteiger partial charge in [-0.2, -0.15) is 5.10 Å². The van der Waals surface area contributed by atoms with Gasteiger partial charge in [0.25, 0.3) is 0 Å². The summed E-state index contributed by atoms with van der Waals surface area (Å²) in [5.41, 5.74) is 2.52. The minimum absolute atomic E-state index is 0.503. The van der Waals surface area contributed by atoms with Gasteiger partial charge in [0.15, 0.2) is 0 Å². The zero-order valence-electron chi connectivity index (χ0n) is 13.9. The van der Waals surface area contributed by atoms with Crippen molar-refractivity contribution < 1.29 is 0 Å². The number of nitrogens with zero attached hydrogens (tertiary/aromatic N) is 3. The van der Waals surface area contributed by atoms with Gasteiger partial charge in [-0.1, -0.05) is 27.7 Å². The van der Waals surface area contributed by atoms with Gasteiger partial charge in [-0.15, -0.1) is 0 Å². The van der Waals surface area contributed by atoms with Crippen molar-refractivity contribution in [1.82, 2.24) is 15.1 Å². The first-order chi connectivity index (χ1) is 9.40. The van der Waals surface area contributed by atoms with Crippen molar-refractivity contribution in [2.24, 2.45) is 18.9 Å².